The molecule has 0 radical (unpaired) electrons. The van der Waals surface area contributed by atoms with E-state index < -0.39 is 5.82 Å². The number of thioether (sulfide) groups is 1. The molecule has 1 saturated carbocycles. The topological polar surface area (TPSA) is 51.8 Å². The van der Waals surface area contributed by atoms with E-state index in [1.165, 1.54) is 25.7 Å². The minimum Gasteiger partial charge on any atom is -0.381 e. The van der Waals surface area contributed by atoms with Crippen LogP contribution in [0.15, 0.2) is 0 Å². The largest absolute Gasteiger partial charge is 0.381 e. The van der Waals surface area contributed by atoms with Crippen LogP contribution in [0.1, 0.15) is 37.2 Å². The normalized spacial score (nSPS) is 16.9. The molecular formula is C11H16FN3S. The summed E-state index contributed by atoms with van der Waals surface area (Å²) >= 11 is 1.86. The molecule has 2 rings (SSSR count). The van der Waals surface area contributed by atoms with Crippen molar-refractivity contribution in [2.24, 2.45) is 0 Å². The summed E-state index contributed by atoms with van der Waals surface area (Å²) in [6.45, 7) is 1.62. The highest BCUT2D eigenvalue weighted by molar-refractivity contribution is 7.99. The number of anilines is 1. The Labute approximate surface area is 99.0 Å². The summed E-state index contributed by atoms with van der Waals surface area (Å²) < 4.78 is 13.2. The van der Waals surface area contributed by atoms with E-state index in [0.717, 1.165) is 11.0 Å². The Morgan fingerprint density at radius 3 is 2.69 bits per heavy atom. The van der Waals surface area contributed by atoms with Gasteiger partial charge in [0.15, 0.2) is 11.6 Å². The maximum absolute atomic E-state index is 13.2. The number of nitrogens with zero attached hydrogens (tertiary/aromatic N) is 2. The number of aromatic nitrogens is 2. The van der Waals surface area contributed by atoms with Crippen LogP contribution in [0.2, 0.25) is 0 Å². The monoisotopic (exact) mass is 241 g/mol. The second-order valence-electron chi connectivity index (χ2n) is 4.14. The molecular weight excluding hydrogens is 225 g/mol. The van der Waals surface area contributed by atoms with Crippen molar-refractivity contribution in [1.82, 2.24) is 9.97 Å². The third-order valence-electron chi connectivity index (χ3n) is 2.84. The molecule has 1 fully saturated rings. The first-order chi connectivity index (χ1) is 7.66. The van der Waals surface area contributed by atoms with Gasteiger partial charge in [-0.1, -0.05) is 12.8 Å². The van der Waals surface area contributed by atoms with Crippen molar-refractivity contribution in [3.63, 3.8) is 0 Å². The molecule has 0 unspecified atom stereocenters. The molecule has 1 aromatic rings. The standard InChI is InChI=1S/C11H16FN3S/c1-7-10(12)11(13)15-9(14-7)6-16-8-4-2-3-5-8/h8H,2-6H2,1H3,(H2,13,14,15). The average molecular weight is 241 g/mol. The number of hydrogen-bond acceptors (Lipinski definition) is 4. The summed E-state index contributed by atoms with van der Waals surface area (Å²) in [5.74, 6) is 0.855. The van der Waals surface area contributed by atoms with Gasteiger partial charge in [0, 0.05) is 5.25 Å². The summed E-state index contributed by atoms with van der Waals surface area (Å²) in [7, 11) is 0. The van der Waals surface area contributed by atoms with Crippen LogP contribution >= 0.6 is 11.8 Å². The molecule has 0 aromatic carbocycles. The molecule has 3 nitrogen and oxygen atoms in total. The fourth-order valence-electron chi connectivity index (χ4n) is 1.95. The molecule has 88 valence electrons. The number of nitrogens with two attached hydrogens (primary N) is 1. The zero-order valence-corrected chi connectivity index (χ0v) is 10.2. The first-order valence-corrected chi connectivity index (χ1v) is 6.62. The highest BCUT2D eigenvalue weighted by Crippen LogP contribution is 2.31. The second-order valence-corrected chi connectivity index (χ2v) is 5.43. The molecule has 1 heterocycles. The van der Waals surface area contributed by atoms with E-state index in [9.17, 15) is 4.39 Å². The number of aryl methyl sites for hydroxylation is 1. The van der Waals surface area contributed by atoms with Gasteiger partial charge < -0.3 is 5.73 Å². The van der Waals surface area contributed by atoms with Gasteiger partial charge in [-0.3, -0.25) is 0 Å². The SMILES string of the molecule is Cc1nc(CSC2CCCC2)nc(N)c1F. The first-order valence-electron chi connectivity index (χ1n) is 5.57. The first kappa shape index (κ1) is 11.6. The van der Waals surface area contributed by atoms with Crippen LogP contribution in [-0.2, 0) is 5.75 Å². The molecule has 2 N–H and O–H groups in total. The molecule has 1 aromatic heterocycles. The number of halogens is 1. The number of rotatable bonds is 3. The van der Waals surface area contributed by atoms with Gasteiger partial charge >= 0.3 is 0 Å². The molecule has 0 atom stereocenters. The fraction of sp³-hybridized carbons (Fsp3) is 0.636. The van der Waals surface area contributed by atoms with Crippen molar-refractivity contribution in [2.45, 2.75) is 43.6 Å². The molecule has 0 bridgehead atoms. The summed E-state index contributed by atoms with van der Waals surface area (Å²) in [4.78, 5) is 8.07. The van der Waals surface area contributed by atoms with Crippen LogP contribution < -0.4 is 5.73 Å². The average Bonchev–Trinajstić information content (AvgIpc) is 2.75. The Morgan fingerprint density at radius 1 is 1.38 bits per heavy atom. The maximum atomic E-state index is 13.2. The van der Waals surface area contributed by atoms with Gasteiger partial charge in [0.1, 0.15) is 5.82 Å². The quantitative estimate of drug-likeness (QED) is 0.884. The van der Waals surface area contributed by atoms with Crippen LogP contribution in [0, 0.1) is 12.7 Å². The Kier molecular flexibility index (Phi) is 3.63. The lowest BCUT2D eigenvalue weighted by atomic mass is 10.4. The molecule has 0 saturated heterocycles. The zero-order chi connectivity index (χ0) is 11.5. The van der Waals surface area contributed by atoms with Crippen LogP contribution in [0.25, 0.3) is 0 Å². The Hall–Kier alpha value is -0.840. The minimum atomic E-state index is -0.491. The molecule has 1 aliphatic rings. The van der Waals surface area contributed by atoms with Crippen molar-refractivity contribution in [3.05, 3.63) is 17.3 Å². The predicted molar refractivity (Wildman–Crippen MR) is 64.7 cm³/mol. The third-order valence-corrected chi connectivity index (χ3v) is 4.21. The molecule has 0 spiro atoms. The van der Waals surface area contributed by atoms with Gasteiger partial charge in [0.25, 0.3) is 0 Å². The minimum absolute atomic E-state index is 0.0329. The van der Waals surface area contributed by atoms with Crippen LogP contribution in [0.4, 0.5) is 10.2 Å². The van der Waals surface area contributed by atoms with Crippen LogP contribution in [0.3, 0.4) is 0 Å². The zero-order valence-electron chi connectivity index (χ0n) is 9.37. The number of hydrogen-bond donors (Lipinski definition) is 1. The summed E-state index contributed by atoms with van der Waals surface area (Å²) in [6.07, 6.45) is 5.20. The lowest BCUT2D eigenvalue weighted by Gasteiger charge is -2.08. The van der Waals surface area contributed by atoms with Crippen molar-refractivity contribution in [2.75, 3.05) is 5.73 Å². The summed E-state index contributed by atoms with van der Waals surface area (Å²) in [5.41, 5.74) is 5.81. The van der Waals surface area contributed by atoms with E-state index in [0.29, 0.717) is 11.5 Å². The molecule has 5 heteroatoms. The van der Waals surface area contributed by atoms with Gasteiger partial charge in [0.05, 0.1) is 11.4 Å². The Morgan fingerprint density at radius 2 is 2.06 bits per heavy atom. The lowest BCUT2D eigenvalue weighted by Crippen LogP contribution is -2.06. The highest BCUT2D eigenvalue weighted by atomic mass is 32.2. The third kappa shape index (κ3) is 2.64. The smallest absolute Gasteiger partial charge is 0.186 e. The van der Waals surface area contributed by atoms with E-state index in [-0.39, 0.29) is 5.82 Å². The molecule has 1 aliphatic carbocycles. The van der Waals surface area contributed by atoms with Gasteiger partial charge in [-0.2, -0.15) is 11.8 Å². The van der Waals surface area contributed by atoms with E-state index in [1.807, 2.05) is 11.8 Å². The Balaban J connectivity index is 1.98. The van der Waals surface area contributed by atoms with Gasteiger partial charge in [-0.25, -0.2) is 14.4 Å². The molecule has 0 aliphatic heterocycles. The van der Waals surface area contributed by atoms with Crippen molar-refractivity contribution >= 4 is 17.6 Å². The molecule has 16 heavy (non-hydrogen) atoms. The van der Waals surface area contributed by atoms with Crippen LogP contribution in [-0.4, -0.2) is 15.2 Å². The Bertz CT molecular complexity index is 354. The van der Waals surface area contributed by atoms with Crippen molar-refractivity contribution < 1.29 is 4.39 Å². The maximum Gasteiger partial charge on any atom is 0.186 e. The van der Waals surface area contributed by atoms with Crippen molar-refractivity contribution in [1.29, 1.82) is 0 Å². The molecule has 0 amide bonds. The predicted octanol–water partition coefficient (Wildman–Crippen LogP) is 2.68. The lowest BCUT2D eigenvalue weighted by molar-refractivity contribution is 0.604. The van der Waals surface area contributed by atoms with Crippen molar-refractivity contribution in [3.8, 4) is 0 Å². The van der Waals surface area contributed by atoms with E-state index in [4.69, 9.17) is 5.73 Å². The van der Waals surface area contributed by atoms with E-state index >= 15 is 0 Å². The number of nitrogen functional groups attached to an aromatic ring is 1. The highest BCUT2D eigenvalue weighted by Gasteiger charge is 2.16. The fourth-order valence-corrected chi connectivity index (χ4v) is 3.13. The second kappa shape index (κ2) is 4.99. The summed E-state index contributed by atoms with van der Waals surface area (Å²) in [5, 5.41) is 0.718. The van der Waals surface area contributed by atoms with Crippen LogP contribution in [0.5, 0.6) is 0 Å². The summed E-state index contributed by atoms with van der Waals surface area (Å²) in [6, 6.07) is 0. The van der Waals surface area contributed by atoms with Gasteiger partial charge in [0.2, 0.25) is 0 Å². The van der Waals surface area contributed by atoms with Gasteiger partial charge in [-0.15, -0.1) is 0 Å². The van der Waals surface area contributed by atoms with E-state index in [1.54, 1.807) is 6.92 Å². The van der Waals surface area contributed by atoms with E-state index in [2.05, 4.69) is 9.97 Å². The van der Waals surface area contributed by atoms with Gasteiger partial charge in [-0.05, 0) is 19.8 Å².